The lowest BCUT2D eigenvalue weighted by atomic mass is 9.93. The second-order valence-corrected chi connectivity index (χ2v) is 4.33. The summed E-state index contributed by atoms with van der Waals surface area (Å²) in [6.45, 7) is 6.80. The highest BCUT2D eigenvalue weighted by atomic mass is 32.1. The molecule has 0 radical (unpaired) electrons. The maximum Gasteiger partial charge on any atom is 0.00448 e. The van der Waals surface area contributed by atoms with Gasteiger partial charge in [-0.15, -0.1) is 0 Å². The van der Waals surface area contributed by atoms with Crippen molar-refractivity contribution in [2.24, 2.45) is 5.92 Å². The zero-order valence-electron chi connectivity index (χ0n) is 8.84. The van der Waals surface area contributed by atoms with Crippen molar-refractivity contribution < 1.29 is 0 Å². The van der Waals surface area contributed by atoms with Crippen molar-refractivity contribution >= 4 is 12.6 Å². The van der Waals surface area contributed by atoms with Crippen LogP contribution in [-0.4, -0.2) is 5.25 Å². The summed E-state index contributed by atoms with van der Waals surface area (Å²) in [7, 11) is 0. The van der Waals surface area contributed by atoms with Crippen LogP contribution in [0.25, 0.3) is 0 Å². The molecule has 0 heterocycles. The molecule has 0 bridgehead atoms. The van der Waals surface area contributed by atoms with Crippen LogP contribution >= 0.6 is 12.6 Å². The first-order chi connectivity index (χ1) is 5.76. The van der Waals surface area contributed by atoms with Crippen LogP contribution in [0.2, 0.25) is 0 Å². The summed E-state index contributed by atoms with van der Waals surface area (Å²) in [6, 6.07) is 0. The first-order valence-corrected chi connectivity index (χ1v) is 5.95. The van der Waals surface area contributed by atoms with Crippen molar-refractivity contribution in [2.75, 3.05) is 0 Å². The molecule has 0 aliphatic heterocycles. The first-order valence-electron chi connectivity index (χ1n) is 5.44. The van der Waals surface area contributed by atoms with Crippen molar-refractivity contribution in [3.8, 4) is 0 Å². The molecule has 12 heavy (non-hydrogen) atoms. The van der Waals surface area contributed by atoms with Crippen LogP contribution in [0.1, 0.15) is 59.3 Å². The topological polar surface area (TPSA) is 0 Å². The monoisotopic (exact) mass is 188 g/mol. The lowest BCUT2D eigenvalue weighted by Crippen LogP contribution is -2.13. The summed E-state index contributed by atoms with van der Waals surface area (Å²) in [5, 5.41) is 0.645. The molecular formula is C11H24S. The zero-order chi connectivity index (χ0) is 9.40. The maximum atomic E-state index is 4.66. The van der Waals surface area contributed by atoms with E-state index in [2.05, 4.69) is 33.4 Å². The maximum absolute atomic E-state index is 4.66. The predicted molar refractivity (Wildman–Crippen MR) is 61.0 cm³/mol. The molecule has 0 aliphatic rings. The second kappa shape index (κ2) is 7.97. The Morgan fingerprint density at radius 3 is 2.08 bits per heavy atom. The van der Waals surface area contributed by atoms with E-state index < -0.39 is 0 Å². The van der Waals surface area contributed by atoms with E-state index in [-0.39, 0.29) is 0 Å². The van der Waals surface area contributed by atoms with Gasteiger partial charge in [0.15, 0.2) is 0 Å². The van der Waals surface area contributed by atoms with E-state index in [4.69, 9.17) is 0 Å². The Morgan fingerprint density at radius 1 is 1.00 bits per heavy atom. The van der Waals surface area contributed by atoms with Crippen LogP contribution in [0.4, 0.5) is 0 Å². The molecule has 0 saturated carbocycles. The third-order valence-electron chi connectivity index (χ3n) is 2.58. The van der Waals surface area contributed by atoms with Crippen LogP contribution < -0.4 is 0 Å². The Balaban J connectivity index is 3.62. The normalized spacial score (nSPS) is 16.0. The summed E-state index contributed by atoms with van der Waals surface area (Å²) in [5.74, 6) is 0.855. The Hall–Kier alpha value is 0.350. The van der Waals surface area contributed by atoms with Gasteiger partial charge in [0.2, 0.25) is 0 Å². The number of hydrogen-bond donors (Lipinski definition) is 1. The van der Waals surface area contributed by atoms with Crippen molar-refractivity contribution in [1.29, 1.82) is 0 Å². The quantitative estimate of drug-likeness (QED) is 0.566. The summed E-state index contributed by atoms with van der Waals surface area (Å²) >= 11 is 4.66. The van der Waals surface area contributed by atoms with Crippen LogP contribution in [-0.2, 0) is 0 Å². The van der Waals surface area contributed by atoms with Gasteiger partial charge in [-0.3, -0.25) is 0 Å². The van der Waals surface area contributed by atoms with E-state index >= 15 is 0 Å². The highest BCUT2D eigenvalue weighted by Crippen LogP contribution is 2.24. The van der Waals surface area contributed by atoms with Crippen LogP contribution in [0, 0.1) is 5.92 Å². The van der Waals surface area contributed by atoms with Gasteiger partial charge >= 0.3 is 0 Å². The fourth-order valence-electron chi connectivity index (χ4n) is 1.67. The molecule has 74 valence electrons. The Bertz CT molecular complexity index is 91.0. The third-order valence-corrected chi connectivity index (χ3v) is 3.26. The van der Waals surface area contributed by atoms with Crippen LogP contribution in [0.15, 0.2) is 0 Å². The van der Waals surface area contributed by atoms with Crippen LogP contribution in [0.3, 0.4) is 0 Å². The fourth-order valence-corrected chi connectivity index (χ4v) is 2.28. The number of hydrogen-bond acceptors (Lipinski definition) is 1. The average Bonchev–Trinajstić information content (AvgIpc) is 2.06. The molecule has 0 nitrogen and oxygen atoms in total. The molecule has 2 atom stereocenters. The van der Waals surface area contributed by atoms with E-state index in [0.717, 1.165) is 5.92 Å². The number of rotatable bonds is 7. The minimum atomic E-state index is 0.645. The highest BCUT2D eigenvalue weighted by molar-refractivity contribution is 7.81. The fraction of sp³-hybridized carbons (Fsp3) is 1.00. The van der Waals surface area contributed by atoms with Gasteiger partial charge in [0.1, 0.15) is 0 Å². The van der Waals surface area contributed by atoms with Gasteiger partial charge in [0.05, 0.1) is 0 Å². The molecule has 1 heteroatoms. The molecule has 0 rings (SSSR count). The predicted octanol–water partition coefficient (Wildman–Crippen LogP) is 4.30. The number of unbranched alkanes of at least 4 members (excludes halogenated alkanes) is 1. The van der Waals surface area contributed by atoms with Gasteiger partial charge in [0, 0.05) is 5.25 Å². The van der Waals surface area contributed by atoms with E-state index in [1.54, 1.807) is 0 Å². The highest BCUT2D eigenvalue weighted by Gasteiger charge is 2.14. The third kappa shape index (κ3) is 5.08. The second-order valence-electron chi connectivity index (χ2n) is 3.67. The lowest BCUT2D eigenvalue weighted by Gasteiger charge is -2.21. The van der Waals surface area contributed by atoms with Crippen molar-refractivity contribution in [2.45, 2.75) is 64.5 Å². The van der Waals surface area contributed by atoms with E-state index in [1.807, 2.05) is 0 Å². The molecule has 2 unspecified atom stereocenters. The summed E-state index contributed by atoms with van der Waals surface area (Å²) in [4.78, 5) is 0. The minimum Gasteiger partial charge on any atom is -0.176 e. The lowest BCUT2D eigenvalue weighted by molar-refractivity contribution is 0.421. The molecule has 0 fully saturated rings. The van der Waals surface area contributed by atoms with Crippen molar-refractivity contribution in [1.82, 2.24) is 0 Å². The van der Waals surface area contributed by atoms with Crippen molar-refractivity contribution in [3.05, 3.63) is 0 Å². The SMILES string of the molecule is CCCCC(CC)C(S)CCC. The smallest absolute Gasteiger partial charge is 0.00448 e. The van der Waals surface area contributed by atoms with Gasteiger partial charge in [0.25, 0.3) is 0 Å². The van der Waals surface area contributed by atoms with Gasteiger partial charge in [-0.2, -0.15) is 12.6 Å². The standard InChI is InChI=1S/C11H24S/c1-4-7-9-10(6-3)11(12)8-5-2/h10-12H,4-9H2,1-3H3. The Morgan fingerprint density at radius 2 is 1.67 bits per heavy atom. The molecule has 0 N–H and O–H groups in total. The summed E-state index contributed by atoms with van der Waals surface area (Å²) in [5.41, 5.74) is 0. The van der Waals surface area contributed by atoms with Crippen molar-refractivity contribution in [3.63, 3.8) is 0 Å². The summed E-state index contributed by atoms with van der Waals surface area (Å²) in [6.07, 6.45) is 7.93. The molecule has 0 aromatic heterocycles. The van der Waals surface area contributed by atoms with Gasteiger partial charge in [-0.25, -0.2) is 0 Å². The van der Waals surface area contributed by atoms with E-state index in [1.165, 1.54) is 38.5 Å². The molecular weight excluding hydrogens is 164 g/mol. The van der Waals surface area contributed by atoms with Gasteiger partial charge < -0.3 is 0 Å². The average molecular weight is 188 g/mol. The molecule has 0 aromatic carbocycles. The van der Waals surface area contributed by atoms with Gasteiger partial charge in [-0.1, -0.05) is 46.5 Å². The molecule has 0 aromatic rings. The van der Waals surface area contributed by atoms with E-state index in [0.29, 0.717) is 5.25 Å². The van der Waals surface area contributed by atoms with E-state index in [9.17, 15) is 0 Å². The van der Waals surface area contributed by atoms with Gasteiger partial charge in [-0.05, 0) is 18.8 Å². The molecule has 0 spiro atoms. The summed E-state index contributed by atoms with van der Waals surface area (Å²) < 4.78 is 0. The largest absolute Gasteiger partial charge is 0.176 e. The first kappa shape index (κ1) is 12.3. The molecule has 0 amide bonds. The molecule has 0 saturated heterocycles. The van der Waals surface area contributed by atoms with Crippen LogP contribution in [0.5, 0.6) is 0 Å². The Kier molecular flexibility index (Phi) is 8.20. The number of thiol groups is 1. The minimum absolute atomic E-state index is 0.645. The molecule has 0 aliphatic carbocycles. The zero-order valence-corrected chi connectivity index (χ0v) is 9.74. The Labute approximate surface area is 83.5 Å².